The van der Waals surface area contributed by atoms with E-state index in [2.05, 4.69) is 47.6 Å². The summed E-state index contributed by atoms with van der Waals surface area (Å²) in [6.45, 7) is 3.65. The van der Waals surface area contributed by atoms with Crippen molar-refractivity contribution < 1.29 is 4.79 Å². The Hall–Kier alpha value is -0.480. The number of hydrogen-bond acceptors (Lipinski definition) is 2. The summed E-state index contributed by atoms with van der Waals surface area (Å²) in [5.41, 5.74) is 2.45. The predicted octanol–water partition coefficient (Wildman–Crippen LogP) is 3.04. The van der Waals surface area contributed by atoms with Crippen molar-refractivity contribution in [1.82, 2.24) is 4.90 Å². The summed E-state index contributed by atoms with van der Waals surface area (Å²) in [6.07, 6.45) is 0.652. The van der Waals surface area contributed by atoms with Gasteiger partial charge in [-0.2, -0.15) is 12.6 Å². The molecule has 1 fully saturated rings. The van der Waals surface area contributed by atoms with Gasteiger partial charge in [0.2, 0.25) is 5.91 Å². The van der Waals surface area contributed by atoms with E-state index in [-0.39, 0.29) is 5.91 Å². The van der Waals surface area contributed by atoms with Crippen LogP contribution < -0.4 is 0 Å². The largest absolute Gasteiger partial charge is 0.338 e. The lowest BCUT2D eigenvalue weighted by Gasteiger charge is -2.18. The molecule has 0 aliphatic carbocycles. The molecule has 1 heterocycles. The van der Waals surface area contributed by atoms with Crippen LogP contribution in [-0.4, -0.2) is 23.1 Å². The highest BCUT2D eigenvalue weighted by molar-refractivity contribution is 9.10. The van der Waals surface area contributed by atoms with E-state index in [1.165, 1.54) is 11.1 Å². The number of amides is 1. The molecule has 0 bridgehead atoms. The Balaban J connectivity index is 2.08. The summed E-state index contributed by atoms with van der Waals surface area (Å²) >= 11 is 7.72. The standard InChI is InChI=1S/C13H16BrNOS/c1-9-4-12(14)3-2-11(9)7-15-6-10(8-17)5-13(15)16/h2-4,10,17H,5-8H2,1H3. The molecule has 0 radical (unpaired) electrons. The Morgan fingerprint density at radius 2 is 2.29 bits per heavy atom. The molecule has 1 atom stereocenters. The molecule has 0 spiro atoms. The smallest absolute Gasteiger partial charge is 0.223 e. The molecule has 1 aromatic rings. The lowest BCUT2D eigenvalue weighted by Crippen LogP contribution is -2.25. The van der Waals surface area contributed by atoms with Crippen molar-refractivity contribution in [1.29, 1.82) is 0 Å². The second-order valence-corrected chi connectivity index (χ2v) is 5.88. The molecule has 92 valence electrons. The number of hydrogen-bond donors (Lipinski definition) is 1. The van der Waals surface area contributed by atoms with Crippen LogP contribution in [0.2, 0.25) is 0 Å². The molecule has 4 heteroatoms. The zero-order valence-corrected chi connectivity index (χ0v) is 12.3. The Bertz CT molecular complexity index is 435. The van der Waals surface area contributed by atoms with Gasteiger partial charge in [-0.3, -0.25) is 4.79 Å². The van der Waals surface area contributed by atoms with E-state index in [1.54, 1.807) is 0 Å². The van der Waals surface area contributed by atoms with Crippen LogP contribution >= 0.6 is 28.6 Å². The van der Waals surface area contributed by atoms with Crippen molar-refractivity contribution in [2.24, 2.45) is 5.92 Å². The molecule has 0 saturated carbocycles. The molecule has 0 aromatic heterocycles. The summed E-state index contributed by atoms with van der Waals surface area (Å²) in [5.74, 6) is 1.47. The highest BCUT2D eigenvalue weighted by Crippen LogP contribution is 2.23. The number of aryl methyl sites for hydroxylation is 1. The zero-order valence-electron chi connectivity index (χ0n) is 9.82. The van der Waals surface area contributed by atoms with Gasteiger partial charge in [-0.15, -0.1) is 0 Å². The monoisotopic (exact) mass is 313 g/mol. The number of nitrogens with zero attached hydrogens (tertiary/aromatic N) is 1. The highest BCUT2D eigenvalue weighted by atomic mass is 79.9. The van der Waals surface area contributed by atoms with E-state index in [4.69, 9.17) is 0 Å². The average Bonchev–Trinajstić information content (AvgIpc) is 2.64. The molecule has 17 heavy (non-hydrogen) atoms. The molecule has 0 N–H and O–H groups in total. The molecule has 1 aliphatic rings. The van der Waals surface area contributed by atoms with Gasteiger partial charge < -0.3 is 4.90 Å². The van der Waals surface area contributed by atoms with Crippen molar-refractivity contribution in [2.75, 3.05) is 12.3 Å². The van der Waals surface area contributed by atoms with E-state index in [0.29, 0.717) is 12.3 Å². The van der Waals surface area contributed by atoms with Crippen LogP contribution in [0.15, 0.2) is 22.7 Å². The van der Waals surface area contributed by atoms with Gasteiger partial charge in [0.05, 0.1) is 0 Å². The second-order valence-electron chi connectivity index (χ2n) is 4.60. The maximum Gasteiger partial charge on any atom is 0.223 e. The van der Waals surface area contributed by atoms with Gasteiger partial charge in [-0.25, -0.2) is 0 Å². The second kappa shape index (κ2) is 5.44. The first-order valence-corrected chi connectivity index (χ1v) is 7.16. The van der Waals surface area contributed by atoms with Crippen molar-refractivity contribution in [3.63, 3.8) is 0 Å². The molecule has 2 rings (SSSR count). The normalized spacial score (nSPS) is 20.1. The van der Waals surface area contributed by atoms with Gasteiger partial charge in [-0.05, 0) is 41.9 Å². The number of carbonyl (C=O) groups excluding carboxylic acids is 1. The number of benzene rings is 1. The van der Waals surface area contributed by atoms with Crippen molar-refractivity contribution >= 4 is 34.5 Å². The van der Waals surface area contributed by atoms with Crippen LogP contribution in [0, 0.1) is 12.8 Å². The quantitative estimate of drug-likeness (QED) is 0.850. The van der Waals surface area contributed by atoms with Crippen molar-refractivity contribution in [2.45, 2.75) is 19.9 Å². The Morgan fingerprint density at radius 3 is 2.88 bits per heavy atom. The van der Waals surface area contributed by atoms with Gasteiger partial charge in [-0.1, -0.05) is 22.0 Å². The van der Waals surface area contributed by atoms with Gasteiger partial charge in [0.25, 0.3) is 0 Å². The lowest BCUT2D eigenvalue weighted by molar-refractivity contribution is -0.128. The number of thiol groups is 1. The average molecular weight is 314 g/mol. The van der Waals surface area contributed by atoms with Crippen LogP contribution in [0.3, 0.4) is 0 Å². The minimum atomic E-state index is 0.256. The van der Waals surface area contributed by atoms with Crippen LogP contribution in [0.5, 0.6) is 0 Å². The number of likely N-dealkylation sites (tertiary alicyclic amines) is 1. The summed E-state index contributed by atoms with van der Waals surface area (Å²) in [7, 11) is 0. The third-order valence-electron chi connectivity index (χ3n) is 3.22. The summed E-state index contributed by atoms with van der Waals surface area (Å²) in [6, 6.07) is 6.20. The minimum Gasteiger partial charge on any atom is -0.338 e. The zero-order chi connectivity index (χ0) is 12.4. The minimum absolute atomic E-state index is 0.256. The van der Waals surface area contributed by atoms with Gasteiger partial charge in [0.1, 0.15) is 0 Å². The van der Waals surface area contributed by atoms with Gasteiger partial charge in [0, 0.05) is 24.0 Å². The summed E-state index contributed by atoms with van der Waals surface area (Å²) < 4.78 is 1.08. The molecule has 2 nitrogen and oxygen atoms in total. The maximum atomic E-state index is 11.8. The van der Waals surface area contributed by atoms with Crippen molar-refractivity contribution in [3.8, 4) is 0 Å². The molecular weight excluding hydrogens is 298 g/mol. The van der Waals surface area contributed by atoms with Crippen LogP contribution in [0.1, 0.15) is 17.5 Å². The third-order valence-corrected chi connectivity index (χ3v) is 4.23. The first kappa shape index (κ1) is 13.0. The lowest BCUT2D eigenvalue weighted by atomic mass is 10.1. The summed E-state index contributed by atoms with van der Waals surface area (Å²) in [5, 5.41) is 0. The van der Waals surface area contributed by atoms with Crippen LogP contribution in [0.4, 0.5) is 0 Å². The fraction of sp³-hybridized carbons (Fsp3) is 0.462. The fourth-order valence-corrected chi connectivity index (χ4v) is 2.89. The maximum absolute atomic E-state index is 11.8. The number of carbonyl (C=O) groups is 1. The first-order valence-electron chi connectivity index (χ1n) is 5.74. The van der Waals surface area contributed by atoms with Crippen LogP contribution in [0.25, 0.3) is 0 Å². The molecular formula is C13H16BrNOS. The molecule has 1 unspecified atom stereocenters. The van der Waals surface area contributed by atoms with Crippen molar-refractivity contribution in [3.05, 3.63) is 33.8 Å². The van der Waals surface area contributed by atoms with E-state index < -0.39 is 0 Å². The Kier molecular flexibility index (Phi) is 4.15. The van der Waals surface area contributed by atoms with Gasteiger partial charge in [0.15, 0.2) is 0 Å². The van der Waals surface area contributed by atoms with E-state index in [0.717, 1.165) is 23.3 Å². The summed E-state index contributed by atoms with van der Waals surface area (Å²) in [4.78, 5) is 13.8. The number of rotatable bonds is 3. The van der Waals surface area contributed by atoms with Gasteiger partial charge >= 0.3 is 0 Å². The van der Waals surface area contributed by atoms with Crippen LogP contribution in [-0.2, 0) is 11.3 Å². The first-order chi connectivity index (χ1) is 8.10. The van der Waals surface area contributed by atoms with E-state index in [1.807, 2.05) is 11.0 Å². The van der Waals surface area contributed by atoms with E-state index >= 15 is 0 Å². The molecule has 1 aliphatic heterocycles. The third kappa shape index (κ3) is 3.05. The molecule has 1 aromatic carbocycles. The topological polar surface area (TPSA) is 20.3 Å². The SMILES string of the molecule is Cc1cc(Br)ccc1CN1CC(CS)CC1=O. The predicted molar refractivity (Wildman–Crippen MR) is 76.3 cm³/mol. The molecule has 1 saturated heterocycles. The fourth-order valence-electron chi connectivity index (χ4n) is 2.17. The highest BCUT2D eigenvalue weighted by Gasteiger charge is 2.28. The molecule has 1 amide bonds. The Morgan fingerprint density at radius 1 is 1.53 bits per heavy atom. The van der Waals surface area contributed by atoms with E-state index in [9.17, 15) is 4.79 Å². The number of halogens is 1. The Labute approximate surface area is 116 Å².